The van der Waals surface area contributed by atoms with Crippen molar-refractivity contribution in [2.75, 3.05) is 23.7 Å². The number of pyridine rings is 2. The van der Waals surface area contributed by atoms with Gasteiger partial charge in [-0.15, -0.1) is 0 Å². The van der Waals surface area contributed by atoms with E-state index in [2.05, 4.69) is 59.8 Å². The number of carbonyl (C=O) groups excluding carboxylic acids is 1. The standard InChI is InChI=1S/C19H24N4O.C19H22N4O/c2*24-18(10-7-15-12-20-14-21-13-15)6-2-1-5-17-9-8-16-4-3-11-22-19(16)23-17/h7-10,12-14,18,24H,1-6,11H2,(H,22,23);7-10,12-14H,1-6,11H2,(H,22,23)/b2*10-7+/t18-;/m1./s1. The fraction of sp³-hybridized carbons (Fsp3) is 0.395. The Bertz CT molecular complexity index is 1630. The fourth-order valence-electron chi connectivity index (χ4n) is 5.67. The number of hydrogen-bond donors (Lipinski definition) is 3. The molecule has 6 rings (SSSR count). The zero-order valence-corrected chi connectivity index (χ0v) is 27.6. The van der Waals surface area contributed by atoms with Crippen molar-refractivity contribution in [1.82, 2.24) is 29.9 Å². The smallest absolute Gasteiger partial charge is 0.155 e. The highest BCUT2D eigenvalue weighted by molar-refractivity contribution is 5.93. The van der Waals surface area contributed by atoms with Crippen LogP contribution in [0.25, 0.3) is 12.2 Å². The third-order valence-corrected chi connectivity index (χ3v) is 8.33. The molecule has 250 valence electrons. The quantitative estimate of drug-likeness (QED) is 0.107. The fourth-order valence-corrected chi connectivity index (χ4v) is 5.67. The van der Waals surface area contributed by atoms with Crippen molar-refractivity contribution < 1.29 is 9.90 Å². The van der Waals surface area contributed by atoms with Crippen LogP contribution in [0.4, 0.5) is 11.6 Å². The Morgan fingerprint density at radius 1 is 0.729 bits per heavy atom. The number of anilines is 2. The molecule has 48 heavy (non-hydrogen) atoms. The van der Waals surface area contributed by atoms with E-state index >= 15 is 0 Å². The van der Waals surface area contributed by atoms with E-state index in [4.69, 9.17) is 4.98 Å². The maximum atomic E-state index is 11.9. The predicted molar refractivity (Wildman–Crippen MR) is 190 cm³/mol. The molecule has 10 heteroatoms. The van der Waals surface area contributed by atoms with E-state index < -0.39 is 6.10 Å². The second kappa shape index (κ2) is 19.1. The third-order valence-electron chi connectivity index (χ3n) is 8.33. The molecule has 0 fully saturated rings. The number of nitrogens with one attached hydrogen (secondary N) is 2. The van der Waals surface area contributed by atoms with Crippen LogP contribution in [0.1, 0.15) is 85.0 Å². The third kappa shape index (κ3) is 11.8. The number of aliphatic hydroxyl groups is 1. The number of fused-ring (bicyclic) bond motifs is 2. The molecule has 0 aromatic carbocycles. The second-order valence-corrected chi connectivity index (χ2v) is 12.2. The normalized spacial score (nSPS) is 14.3. The molecular formula is C38H46N8O2. The van der Waals surface area contributed by atoms with Gasteiger partial charge in [-0.3, -0.25) is 4.79 Å². The first-order chi connectivity index (χ1) is 23.6. The number of aryl methyl sites for hydroxylation is 4. The monoisotopic (exact) mass is 646 g/mol. The zero-order chi connectivity index (χ0) is 33.2. The van der Waals surface area contributed by atoms with Gasteiger partial charge in [0, 0.05) is 66.8 Å². The van der Waals surface area contributed by atoms with Crippen molar-refractivity contribution in [3.8, 4) is 0 Å². The van der Waals surface area contributed by atoms with Crippen LogP contribution in [0.15, 0.2) is 73.9 Å². The summed E-state index contributed by atoms with van der Waals surface area (Å²) in [6.45, 7) is 2.03. The van der Waals surface area contributed by atoms with Crippen molar-refractivity contribution in [3.63, 3.8) is 0 Å². The van der Waals surface area contributed by atoms with Gasteiger partial charge in [0.2, 0.25) is 0 Å². The Hall–Kier alpha value is -4.83. The lowest BCUT2D eigenvalue weighted by Crippen LogP contribution is -2.14. The summed E-state index contributed by atoms with van der Waals surface area (Å²) in [7, 11) is 0. The maximum absolute atomic E-state index is 11.9. The van der Waals surface area contributed by atoms with Gasteiger partial charge in [-0.2, -0.15) is 0 Å². The number of aromatic nitrogens is 6. The van der Waals surface area contributed by atoms with Crippen molar-refractivity contribution in [3.05, 3.63) is 108 Å². The van der Waals surface area contributed by atoms with Gasteiger partial charge in [-0.05, 0) is 99.6 Å². The van der Waals surface area contributed by atoms with Crippen LogP contribution in [0, 0.1) is 0 Å². The Morgan fingerprint density at radius 2 is 1.27 bits per heavy atom. The Labute approximate surface area is 283 Å². The molecule has 0 saturated carbocycles. The van der Waals surface area contributed by atoms with Gasteiger partial charge in [0.25, 0.3) is 0 Å². The van der Waals surface area contributed by atoms with E-state index in [-0.39, 0.29) is 5.78 Å². The lowest BCUT2D eigenvalue weighted by molar-refractivity contribution is -0.114. The molecule has 0 saturated heterocycles. The summed E-state index contributed by atoms with van der Waals surface area (Å²) < 4.78 is 0. The Morgan fingerprint density at radius 3 is 1.85 bits per heavy atom. The minimum atomic E-state index is -0.427. The second-order valence-electron chi connectivity index (χ2n) is 12.2. The summed E-state index contributed by atoms with van der Waals surface area (Å²) in [5, 5.41) is 16.7. The van der Waals surface area contributed by atoms with Gasteiger partial charge in [-0.1, -0.05) is 30.7 Å². The van der Waals surface area contributed by atoms with Crippen LogP contribution in [0.3, 0.4) is 0 Å². The predicted octanol–water partition coefficient (Wildman–Crippen LogP) is 6.24. The van der Waals surface area contributed by atoms with Gasteiger partial charge in [0.1, 0.15) is 24.3 Å². The van der Waals surface area contributed by atoms with E-state index in [1.54, 1.807) is 43.0 Å². The van der Waals surface area contributed by atoms with Crippen molar-refractivity contribution >= 4 is 29.6 Å². The van der Waals surface area contributed by atoms with Crippen molar-refractivity contribution in [1.29, 1.82) is 0 Å². The lowest BCUT2D eigenvalue weighted by atomic mass is 10.0. The summed E-state index contributed by atoms with van der Waals surface area (Å²) in [6, 6.07) is 8.63. The average Bonchev–Trinajstić information content (AvgIpc) is 3.14. The van der Waals surface area contributed by atoms with E-state index in [0.29, 0.717) is 6.42 Å². The summed E-state index contributed by atoms with van der Waals surface area (Å²) in [6.07, 6.45) is 28.1. The molecule has 0 radical (unpaired) electrons. The van der Waals surface area contributed by atoms with E-state index in [9.17, 15) is 9.90 Å². The SMILES string of the molecule is O=C(/C=C/c1cncnc1)CCCCc1ccc2c(n1)NCCC2.O[C@@H](/C=C/c1cncnc1)CCCCc1ccc2c(n1)NCCC2. The topological polar surface area (TPSA) is 139 Å². The van der Waals surface area contributed by atoms with Crippen LogP contribution in [0.2, 0.25) is 0 Å². The first-order valence-corrected chi connectivity index (χ1v) is 17.1. The largest absolute Gasteiger partial charge is 0.389 e. The molecule has 0 amide bonds. The van der Waals surface area contributed by atoms with Gasteiger partial charge >= 0.3 is 0 Å². The molecule has 3 N–H and O–H groups in total. The molecule has 4 aromatic heterocycles. The number of ketones is 1. The summed E-state index contributed by atoms with van der Waals surface area (Å²) in [5.41, 5.74) is 6.63. The number of carbonyl (C=O) groups is 1. The molecule has 0 aliphatic carbocycles. The summed E-state index contributed by atoms with van der Waals surface area (Å²) in [5.74, 6) is 2.24. The Kier molecular flexibility index (Phi) is 13.7. The molecule has 1 atom stereocenters. The van der Waals surface area contributed by atoms with Crippen LogP contribution in [-0.4, -0.2) is 60.0 Å². The first kappa shape index (κ1) is 34.5. The molecule has 0 bridgehead atoms. The van der Waals surface area contributed by atoms with Crippen molar-refractivity contribution in [2.45, 2.75) is 83.2 Å². The van der Waals surface area contributed by atoms with Gasteiger partial charge < -0.3 is 15.7 Å². The number of nitrogens with zero attached hydrogens (tertiary/aromatic N) is 6. The zero-order valence-electron chi connectivity index (χ0n) is 27.6. The molecule has 0 unspecified atom stereocenters. The van der Waals surface area contributed by atoms with Crippen LogP contribution >= 0.6 is 0 Å². The number of unbranched alkanes of at least 4 members (excludes halogenated alkanes) is 2. The van der Waals surface area contributed by atoms with Crippen LogP contribution in [-0.2, 0) is 30.5 Å². The number of hydrogen-bond acceptors (Lipinski definition) is 10. The van der Waals surface area contributed by atoms with Gasteiger partial charge in [0.05, 0.1) is 6.10 Å². The summed E-state index contributed by atoms with van der Waals surface area (Å²) >= 11 is 0. The van der Waals surface area contributed by atoms with Gasteiger partial charge in [-0.25, -0.2) is 29.9 Å². The highest BCUT2D eigenvalue weighted by atomic mass is 16.3. The van der Waals surface area contributed by atoms with Crippen molar-refractivity contribution in [2.24, 2.45) is 0 Å². The number of aliphatic hydroxyl groups excluding tert-OH is 1. The molecule has 2 aliphatic rings. The minimum absolute atomic E-state index is 0.138. The highest BCUT2D eigenvalue weighted by Gasteiger charge is 2.11. The lowest BCUT2D eigenvalue weighted by Gasteiger charge is -2.17. The first-order valence-electron chi connectivity index (χ1n) is 17.1. The molecule has 10 nitrogen and oxygen atoms in total. The van der Waals surface area contributed by atoms with Crippen LogP contribution in [0.5, 0.6) is 0 Å². The molecule has 4 aromatic rings. The van der Waals surface area contributed by atoms with Gasteiger partial charge in [0.15, 0.2) is 5.78 Å². The average molecular weight is 647 g/mol. The molecule has 6 heterocycles. The maximum Gasteiger partial charge on any atom is 0.155 e. The Balaban J connectivity index is 0.000000188. The van der Waals surface area contributed by atoms with Crippen LogP contribution < -0.4 is 10.6 Å². The number of rotatable bonds is 14. The minimum Gasteiger partial charge on any atom is -0.389 e. The van der Waals surface area contributed by atoms with E-state index in [1.807, 2.05) is 6.08 Å². The highest BCUT2D eigenvalue weighted by Crippen LogP contribution is 2.22. The molecule has 0 spiro atoms. The number of allylic oxidation sites excluding steroid dienone is 1. The van der Waals surface area contributed by atoms with E-state index in [1.165, 1.54) is 36.6 Å². The molecular weight excluding hydrogens is 600 g/mol. The molecule has 2 aliphatic heterocycles. The summed E-state index contributed by atoms with van der Waals surface area (Å²) in [4.78, 5) is 37.0. The van der Waals surface area contributed by atoms with E-state index in [0.717, 1.165) is 105 Å².